The van der Waals surface area contributed by atoms with E-state index in [1.807, 2.05) is 12.3 Å². The Bertz CT molecular complexity index is 866. The summed E-state index contributed by atoms with van der Waals surface area (Å²) in [4.78, 5) is 6.54. The van der Waals surface area contributed by atoms with Crippen molar-refractivity contribution in [1.82, 2.24) is 14.2 Å². The van der Waals surface area contributed by atoms with Gasteiger partial charge in [-0.05, 0) is 24.6 Å². The molecule has 3 heterocycles. The summed E-state index contributed by atoms with van der Waals surface area (Å²) in [6.07, 6.45) is 0. The summed E-state index contributed by atoms with van der Waals surface area (Å²) < 4.78 is 40.3. The van der Waals surface area contributed by atoms with Crippen LogP contribution in [0.2, 0.25) is 0 Å². The summed E-state index contributed by atoms with van der Waals surface area (Å²) in [6, 6.07) is 6.41. The average molecular weight is 381 g/mol. The number of benzene rings is 1. The number of aromatic nitrogens is 1. The molecule has 0 radical (unpaired) electrons. The first-order valence-corrected chi connectivity index (χ1v) is 10.7. The average Bonchev–Trinajstić information content (AvgIpc) is 3.20. The topological polar surface area (TPSA) is 53.5 Å². The van der Waals surface area contributed by atoms with Gasteiger partial charge < -0.3 is 0 Å². The Labute approximate surface area is 151 Å². The molecule has 2 aromatic rings. The molecule has 0 N–H and O–H groups in total. The van der Waals surface area contributed by atoms with Gasteiger partial charge in [0.2, 0.25) is 10.0 Å². The van der Waals surface area contributed by atoms with Crippen molar-refractivity contribution in [2.24, 2.45) is 5.92 Å². The second-order valence-electron chi connectivity index (χ2n) is 6.81. The summed E-state index contributed by atoms with van der Waals surface area (Å²) in [7, 11) is -3.29. The quantitative estimate of drug-likeness (QED) is 0.815. The van der Waals surface area contributed by atoms with Gasteiger partial charge in [0.15, 0.2) is 0 Å². The number of rotatable bonds is 4. The van der Waals surface area contributed by atoms with E-state index < -0.39 is 10.0 Å². The summed E-state index contributed by atoms with van der Waals surface area (Å²) in [6.45, 7) is 4.81. The highest BCUT2D eigenvalue weighted by Gasteiger charge is 2.50. The molecule has 1 aromatic heterocycles. The van der Waals surface area contributed by atoms with E-state index in [9.17, 15) is 12.8 Å². The monoisotopic (exact) mass is 381 g/mol. The molecule has 134 valence electrons. The van der Waals surface area contributed by atoms with Gasteiger partial charge in [0.1, 0.15) is 5.82 Å². The van der Waals surface area contributed by atoms with Gasteiger partial charge in [-0.3, -0.25) is 4.90 Å². The fraction of sp³-hybridized carbons (Fsp3) is 0.471. The lowest BCUT2D eigenvalue weighted by Crippen LogP contribution is -2.34. The molecule has 5 nitrogen and oxygen atoms in total. The number of fused-ring (bicyclic) bond motifs is 1. The highest BCUT2D eigenvalue weighted by Crippen LogP contribution is 2.35. The van der Waals surface area contributed by atoms with Crippen molar-refractivity contribution in [3.8, 4) is 0 Å². The maximum Gasteiger partial charge on any atom is 0.218 e. The Balaban J connectivity index is 1.43. The van der Waals surface area contributed by atoms with E-state index >= 15 is 0 Å². The summed E-state index contributed by atoms with van der Waals surface area (Å²) in [5.74, 6) is -0.122. The van der Waals surface area contributed by atoms with E-state index in [4.69, 9.17) is 0 Å². The van der Waals surface area contributed by atoms with Crippen LogP contribution in [0.1, 0.15) is 16.3 Å². The standard InChI is InChI=1S/C17H20FN3O2S2/c1-12-19-16(11-24-12)9-21-8-14-7-20(10-17(14)25(21,22)23)6-13-2-4-15(18)5-3-13/h2-5,11,14,17H,6-10H2,1H3/t14-,17+/m0/s1. The van der Waals surface area contributed by atoms with E-state index in [1.165, 1.54) is 12.1 Å². The number of nitrogens with zero attached hydrogens (tertiary/aromatic N) is 3. The van der Waals surface area contributed by atoms with Crippen LogP contribution in [-0.2, 0) is 23.1 Å². The fourth-order valence-electron chi connectivity index (χ4n) is 3.79. The zero-order chi connectivity index (χ0) is 17.6. The Morgan fingerprint density at radius 1 is 1.20 bits per heavy atom. The van der Waals surface area contributed by atoms with Crippen LogP contribution in [0.25, 0.3) is 0 Å². The van der Waals surface area contributed by atoms with Gasteiger partial charge in [0, 0.05) is 37.5 Å². The summed E-state index contributed by atoms with van der Waals surface area (Å²) in [5.41, 5.74) is 1.84. The van der Waals surface area contributed by atoms with Gasteiger partial charge in [-0.1, -0.05) is 12.1 Å². The third-order valence-electron chi connectivity index (χ3n) is 4.96. The molecule has 2 aliphatic heterocycles. The van der Waals surface area contributed by atoms with Gasteiger partial charge in [0.05, 0.1) is 22.5 Å². The maximum absolute atomic E-state index is 13.0. The maximum atomic E-state index is 13.0. The molecule has 1 aromatic carbocycles. The number of thiazole rings is 1. The van der Waals surface area contributed by atoms with Crippen molar-refractivity contribution in [1.29, 1.82) is 0 Å². The molecular weight excluding hydrogens is 361 g/mol. The Morgan fingerprint density at radius 3 is 2.60 bits per heavy atom. The lowest BCUT2D eigenvalue weighted by Gasteiger charge is -2.20. The number of sulfonamides is 1. The molecule has 0 amide bonds. The molecule has 8 heteroatoms. The number of halogens is 1. The number of likely N-dealkylation sites (tertiary alicyclic amines) is 1. The highest BCUT2D eigenvalue weighted by molar-refractivity contribution is 7.90. The van der Waals surface area contributed by atoms with Crippen LogP contribution in [0.15, 0.2) is 29.6 Å². The van der Waals surface area contributed by atoms with Crippen LogP contribution in [0, 0.1) is 18.7 Å². The van der Waals surface area contributed by atoms with E-state index in [0.29, 0.717) is 26.2 Å². The molecule has 2 fully saturated rings. The van der Waals surface area contributed by atoms with Crippen molar-refractivity contribution in [3.63, 3.8) is 0 Å². The number of hydrogen-bond acceptors (Lipinski definition) is 5. The molecular formula is C17H20FN3O2S2. The first kappa shape index (κ1) is 17.1. The first-order chi connectivity index (χ1) is 11.9. The zero-order valence-electron chi connectivity index (χ0n) is 13.9. The molecule has 0 spiro atoms. The van der Waals surface area contributed by atoms with Gasteiger partial charge in [-0.15, -0.1) is 11.3 Å². The van der Waals surface area contributed by atoms with Crippen LogP contribution < -0.4 is 0 Å². The summed E-state index contributed by atoms with van der Waals surface area (Å²) >= 11 is 1.54. The Kier molecular flexibility index (Phi) is 4.39. The molecule has 2 aliphatic rings. The van der Waals surface area contributed by atoms with Gasteiger partial charge >= 0.3 is 0 Å². The second-order valence-corrected chi connectivity index (χ2v) is 10.0. The van der Waals surface area contributed by atoms with Crippen LogP contribution in [0.3, 0.4) is 0 Å². The second kappa shape index (κ2) is 6.42. The minimum absolute atomic E-state index is 0.130. The lowest BCUT2D eigenvalue weighted by atomic mass is 10.1. The molecule has 0 bridgehead atoms. The Morgan fingerprint density at radius 2 is 1.96 bits per heavy atom. The van der Waals surface area contributed by atoms with Crippen LogP contribution >= 0.6 is 11.3 Å². The van der Waals surface area contributed by atoms with Gasteiger partial charge in [-0.2, -0.15) is 4.31 Å². The normalized spacial score (nSPS) is 26.2. The smallest absolute Gasteiger partial charge is 0.218 e. The molecule has 4 rings (SSSR count). The predicted molar refractivity (Wildman–Crippen MR) is 95.1 cm³/mol. The third-order valence-corrected chi connectivity index (χ3v) is 8.08. The fourth-order valence-corrected chi connectivity index (χ4v) is 6.55. The molecule has 0 unspecified atom stereocenters. The summed E-state index contributed by atoms with van der Waals surface area (Å²) in [5, 5.41) is 2.55. The van der Waals surface area contributed by atoms with E-state index in [2.05, 4.69) is 9.88 Å². The van der Waals surface area contributed by atoms with Crippen LogP contribution in [0.5, 0.6) is 0 Å². The van der Waals surface area contributed by atoms with E-state index in [-0.39, 0.29) is 17.0 Å². The lowest BCUT2D eigenvalue weighted by molar-refractivity contribution is 0.294. The highest BCUT2D eigenvalue weighted by atomic mass is 32.2. The van der Waals surface area contributed by atoms with Crippen molar-refractivity contribution < 1.29 is 12.8 Å². The SMILES string of the molecule is Cc1nc(CN2C[C@@H]3CN(Cc4ccc(F)cc4)C[C@H]3S2(=O)=O)cs1. The molecule has 25 heavy (non-hydrogen) atoms. The largest absolute Gasteiger partial charge is 0.297 e. The molecule has 0 saturated carbocycles. The van der Waals surface area contributed by atoms with Crippen molar-refractivity contribution in [2.45, 2.75) is 25.3 Å². The van der Waals surface area contributed by atoms with E-state index in [0.717, 1.165) is 22.8 Å². The van der Waals surface area contributed by atoms with Gasteiger partial charge in [0.25, 0.3) is 0 Å². The zero-order valence-corrected chi connectivity index (χ0v) is 15.6. The van der Waals surface area contributed by atoms with E-state index in [1.54, 1.807) is 27.8 Å². The van der Waals surface area contributed by atoms with Crippen molar-refractivity contribution >= 4 is 21.4 Å². The minimum atomic E-state index is -3.29. The Hall–Kier alpha value is -1.35. The van der Waals surface area contributed by atoms with Crippen LogP contribution in [-0.4, -0.2) is 47.5 Å². The predicted octanol–water partition coefficient (Wildman–Crippen LogP) is 2.24. The van der Waals surface area contributed by atoms with Gasteiger partial charge in [-0.25, -0.2) is 17.8 Å². The number of aryl methyl sites for hydroxylation is 1. The minimum Gasteiger partial charge on any atom is -0.297 e. The van der Waals surface area contributed by atoms with Crippen LogP contribution in [0.4, 0.5) is 4.39 Å². The third kappa shape index (κ3) is 3.36. The number of hydrogen-bond donors (Lipinski definition) is 0. The van der Waals surface area contributed by atoms with Crippen molar-refractivity contribution in [3.05, 3.63) is 51.7 Å². The molecule has 0 aliphatic carbocycles. The first-order valence-electron chi connectivity index (χ1n) is 8.28. The molecule has 2 saturated heterocycles. The molecule has 2 atom stereocenters. The van der Waals surface area contributed by atoms with Crippen molar-refractivity contribution in [2.75, 3.05) is 19.6 Å².